The van der Waals surface area contributed by atoms with Crippen molar-refractivity contribution in [3.05, 3.63) is 58.8 Å². The number of nitrogens with zero attached hydrogens (tertiary/aromatic N) is 4. The van der Waals surface area contributed by atoms with Crippen LogP contribution in [0, 0.1) is 5.92 Å². The number of piperazine rings is 1. The molecule has 0 saturated carbocycles. The second-order valence-electron chi connectivity index (χ2n) is 9.05. The molecule has 6 nitrogen and oxygen atoms in total. The third-order valence-corrected chi connectivity index (χ3v) is 7.09. The summed E-state index contributed by atoms with van der Waals surface area (Å²) in [5.74, 6) is 1.43. The Bertz CT molecular complexity index is 1110. The summed E-state index contributed by atoms with van der Waals surface area (Å²) in [5.41, 5.74) is 3.21. The van der Waals surface area contributed by atoms with Crippen molar-refractivity contribution in [1.29, 1.82) is 0 Å². The molecule has 0 bridgehead atoms. The van der Waals surface area contributed by atoms with Gasteiger partial charge in [0.25, 0.3) is 0 Å². The summed E-state index contributed by atoms with van der Waals surface area (Å²) in [6, 6.07) is 17.0. The van der Waals surface area contributed by atoms with Crippen molar-refractivity contribution in [2.24, 2.45) is 5.92 Å². The maximum Gasteiger partial charge on any atom is 0.227 e. The first kappa shape index (κ1) is 21.6. The number of imidazole rings is 1. The summed E-state index contributed by atoms with van der Waals surface area (Å²) in [7, 11) is 0. The monoisotopic (exact) mass is 495 g/mol. The average Bonchev–Trinajstić information content (AvgIpc) is 3.16. The number of halogens is 1. The Morgan fingerprint density at radius 1 is 1.16 bits per heavy atom. The molecule has 2 fully saturated rings. The van der Waals surface area contributed by atoms with Gasteiger partial charge < -0.3 is 10.2 Å². The predicted octanol–water partition coefficient (Wildman–Crippen LogP) is 3.82. The Balaban J connectivity index is 1.38. The van der Waals surface area contributed by atoms with Crippen molar-refractivity contribution in [3.63, 3.8) is 0 Å². The molecule has 0 unspecified atom stereocenters. The third kappa shape index (κ3) is 4.47. The number of para-hydroxylation sites is 2. The van der Waals surface area contributed by atoms with E-state index in [1.165, 1.54) is 0 Å². The van der Waals surface area contributed by atoms with E-state index in [0.29, 0.717) is 11.9 Å². The van der Waals surface area contributed by atoms with Crippen LogP contribution in [0.3, 0.4) is 0 Å². The first-order chi connectivity index (χ1) is 15.6. The summed E-state index contributed by atoms with van der Waals surface area (Å²) < 4.78 is 3.30. The molecule has 0 radical (unpaired) electrons. The number of carbonyl (C=O) groups excluding carboxylic acids is 1. The minimum Gasteiger partial charge on any atom is -0.340 e. The van der Waals surface area contributed by atoms with Crippen molar-refractivity contribution >= 4 is 32.9 Å². The second-order valence-corrected chi connectivity index (χ2v) is 9.96. The number of fused-ring (bicyclic) bond motifs is 1. The van der Waals surface area contributed by atoms with Gasteiger partial charge in [-0.2, -0.15) is 0 Å². The number of piperidine rings is 1. The lowest BCUT2D eigenvalue weighted by molar-refractivity contribution is -0.138. The fourth-order valence-corrected chi connectivity index (χ4v) is 5.46. The van der Waals surface area contributed by atoms with Gasteiger partial charge >= 0.3 is 0 Å². The zero-order valence-electron chi connectivity index (χ0n) is 18.5. The van der Waals surface area contributed by atoms with Crippen molar-refractivity contribution in [3.8, 4) is 5.69 Å². The Labute approximate surface area is 197 Å². The number of rotatable bonds is 4. The van der Waals surface area contributed by atoms with Crippen LogP contribution < -0.4 is 5.32 Å². The quantitative estimate of drug-likeness (QED) is 0.597. The van der Waals surface area contributed by atoms with E-state index in [9.17, 15) is 4.79 Å². The van der Waals surface area contributed by atoms with Gasteiger partial charge in [-0.3, -0.25) is 14.3 Å². The molecular weight excluding hydrogens is 466 g/mol. The number of likely N-dealkylation sites (tertiary alicyclic amines) is 1. The Hall–Kier alpha value is -2.22. The summed E-state index contributed by atoms with van der Waals surface area (Å²) in [5, 5.41) is 3.43. The smallest absolute Gasteiger partial charge is 0.227 e. The molecule has 3 aromatic rings. The molecule has 2 saturated heterocycles. The van der Waals surface area contributed by atoms with E-state index in [2.05, 4.69) is 78.9 Å². The molecule has 32 heavy (non-hydrogen) atoms. The lowest BCUT2D eigenvalue weighted by Crippen LogP contribution is -2.54. The van der Waals surface area contributed by atoms with Crippen LogP contribution in [0.15, 0.2) is 53.0 Å². The van der Waals surface area contributed by atoms with Crippen LogP contribution in [0.25, 0.3) is 16.7 Å². The van der Waals surface area contributed by atoms with Crippen LogP contribution in [0.5, 0.6) is 0 Å². The molecule has 2 aliphatic heterocycles. The van der Waals surface area contributed by atoms with Crippen LogP contribution in [-0.2, 0) is 11.3 Å². The highest BCUT2D eigenvalue weighted by atomic mass is 79.9. The molecule has 168 valence electrons. The van der Waals surface area contributed by atoms with Gasteiger partial charge in [-0.1, -0.05) is 34.1 Å². The highest BCUT2D eigenvalue weighted by Gasteiger charge is 2.31. The molecule has 3 heterocycles. The molecule has 7 heteroatoms. The lowest BCUT2D eigenvalue weighted by atomic mass is 9.96. The fraction of sp³-hybridized carbons (Fsp3) is 0.440. The molecule has 1 aromatic heterocycles. The van der Waals surface area contributed by atoms with Gasteiger partial charge in [-0.05, 0) is 56.6 Å². The fourth-order valence-electron chi connectivity index (χ4n) is 5.08. The molecule has 2 atom stereocenters. The number of hydrogen-bond acceptors (Lipinski definition) is 4. The number of nitrogens with one attached hydrogen (secondary N) is 1. The lowest BCUT2D eigenvalue weighted by Gasteiger charge is -2.38. The summed E-state index contributed by atoms with van der Waals surface area (Å²) in [6.45, 7) is 7.22. The number of benzene rings is 2. The van der Waals surface area contributed by atoms with Crippen molar-refractivity contribution in [2.75, 3.05) is 32.7 Å². The average molecular weight is 496 g/mol. The van der Waals surface area contributed by atoms with Gasteiger partial charge in [0.1, 0.15) is 5.82 Å². The number of aromatic nitrogens is 2. The third-order valence-electron chi connectivity index (χ3n) is 6.60. The van der Waals surface area contributed by atoms with Gasteiger partial charge in [0.05, 0.1) is 23.5 Å². The SMILES string of the molecule is C[C@@H]1CN(C(=O)[C@H]2CCCN(Cc3nc4ccccc4n3-c3cccc(Br)c3)C2)CCN1. The normalized spacial score (nSPS) is 22.4. The summed E-state index contributed by atoms with van der Waals surface area (Å²) in [4.78, 5) is 22.7. The number of amides is 1. The minimum atomic E-state index is 0.0812. The van der Waals surface area contributed by atoms with E-state index in [1.807, 2.05) is 12.1 Å². The summed E-state index contributed by atoms with van der Waals surface area (Å²) in [6.07, 6.45) is 2.03. The van der Waals surface area contributed by atoms with Crippen LogP contribution >= 0.6 is 15.9 Å². The second kappa shape index (κ2) is 9.33. The van der Waals surface area contributed by atoms with Crippen molar-refractivity contribution in [1.82, 2.24) is 24.7 Å². The first-order valence-corrected chi connectivity index (χ1v) is 12.3. The van der Waals surface area contributed by atoms with Gasteiger partial charge in [0, 0.05) is 42.4 Å². The van der Waals surface area contributed by atoms with E-state index >= 15 is 0 Å². The van der Waals surface area contributed by atoms with Crippen LogP contribution in [0.2, 0.25) is 0 Å². The zero-order chi connectivity index (χ0) is 22.1. The molecule has 5 rings (SSSR count). The number of carbonyl (C=O) groups is 1. The number of hydrogen-bond donors (Lipinski definition) is 1. The highest BCUT2D eigenvalue weighted by Crippen LogP contribution is 2.26. The van der Waals surface area contributed by atoms with Gasteiger partial charge in [0.2, 0.25) is 5.91 Å². The maximum absolute atomic E-state index is 13.2. The highest BCUT2D eigenvalue weighted by molar-refractivity contribution is 9.10. The molecule has 0 aliphatic carbocycles. The van der Waals surface area contributed by atoms with E-state index < -0.39 is 0 Å². The van der Waals surface area contributed by atoms with E-state index in [1.54, 1.807) is 0 Å². The van der Waals surface area contributed by atoms with Crippen LogP contribution in [0.4, 0.5) is 0 Å². The van der Waals surface area contributed by atoms with Crippen molar-refractivity contribution < 1.29 is 4.79 Å². The van der Waals surface area contributed by atoms with Crippen molar-refractivity contribution in [2.45, 2.75) is 32.4 Å². The Morgan fingerprint density at radius 2 is 2.03 bits per heavy atom. The molecule has 0 spiro atoms. The minimum absolute atomic E-state index is 0.0812. The molecule has 1 amide bonds. The van der Waals surface area contributed by atoms with E-state index in [4.69, 9.17) is 4.98 Å². The Morgan fingerprint density at radius 3 is 2.88 bits per heavy atom. The van der Waals surface area contributed by atoms with Gasteiger partial charge in [-0.15, -0.1) is 0 Å². The first-order valence-electron chi connectivity index (χ1n) is 11.6. The van der Waals surface area contributed by atoms with Crippen LogP contribution in [-0.4, -0.2) is 64.0 Å². The molecule has 2 aliphatic rings. The largest absolute Gasteiger partial charge is 0.340 e. The van der Waals surface area contributed by atoms with Gasteiger partial charge in [0.15, 0.2) is 0 Å². The maximum atomic E-state index is 13.2. The Kier molecular flexibility index (Phi) is 6.31. The summed E-state index contributed by atoms with van der Waals surface area (Å²) >= 11 is 3.61. The molecule has 2 aromatic carbocycles. The molecule has 1 N–H and O–H groups in total. The zero-order valence-corrected chi connectivity index (χ0v) is 20.1. The van der Waals surface area contributed by atoms with E-state index in [0.717, 1.165) is 79.1 Å². The molecular formula is C25H30BrN5O. The topological polar surface area (TPSA) is 53.4 Å². The van der Waals surface area contributed by atoms with Gasteiger partial charge in [-0.25, -0.2) is 4.98 Å². The van der Waals surface area contributed by atoms with E-state index in [-0.39, 0.29) is 5.92 Å². The van der Waals surface area contributed by atoms with Crippen LogP contribution in [0.1, 0.15) is 25.6 Å². The standard InChI is InChI=1S/C25H30BrN5O/c1-18-15-30(13-11-27-18)25(32)19-6-5-12-29(16-19)17-24-28-22-9-2-3-10-23(22)31(24)21-8-4-7-20(26)14-21/h2-4,7-10,14,18-19,27H,5-6,11-13,15-17H2,1H3/t18-,19+/m1/s1. The predicted molar refractivity (Wildman–Crippen MR) is 131 cm³/mol.